The molecule has 4 N–H and O–H groups in total. The van der Waals surface area contributed by atoms with Crippen molar-refractivity contribution >= 4 is 22.5 Å². The fraction of sp³-hybridized carbons (Fsp3) is 0.250. The summed E-state index contributed by atoms with van der Waals surface area (Å²) in [5.74, 6) is -0.541. The number of carbonyl (C=O) groups excluding carboxylic acids is 1. The van der Waals surface area contributed by atoms with Crippen LogP contribution < -0.4 is 11.1 Å². The van der Waals surface area contributed by atoms with Crippen LogP contribution in [0.4, 0.5) is 18.9 Å². The Hall–Kier alpha value is -2.18. The number of aromatic nitrogens is 1. The molecule has 1 aromatic heterocycles. The highest BCUT2D eigenvalue weighted by Crippen LogP contribution is 2.21. The lowest BCUT2D eigenvalue weighted by Gasteiger charge is -2.07. The van der Waals surface area contributed by atoms with Crippen LogP contribution in [-0.4, -0.2) is 23.6 Å². The molecule has 19 heavy (non-hydrogen) atoms. The van der Waals surface area contributed by atoms with E-state index in [1.807, 2.05) is 0 Å². The van der Waals surface area contributed by atoms with Gasteiger partial charge in [0.15, 0.2) is 0 Å². The van der Waals surface area contributed by atoms with Gasteiger partial charge in [0.2, 0.25) is 0 Å². The number of nitrogen functional groups attached to an aromatic ring is 1. The van der Waals surface area contributed by atoms with E-state index in [1.165, 1.54) is 6.20 Å². The van der Waals surface area contributed by atoms with Crippen LogP contribution in [-0.2, 0) is 0 Å². The van der Waals surface area contributed by atoms with E-state index in [1.54, 1.807) is 18.2 Å². The van der Waals surface area contributed by atoms with Crippen LogP contribution in [0.15, 0.2) is 24.4 Å². The number of nitrogens with one attached hydrogen (secondary N) is 2. The van der Waals surface area contributed by atoms with Crippen LogP contribution in [0.1, 0.15) is 16.8 Å². The standard InChI is InChI=1S/C12H12F3N3O/c13-12(14,15)3-4-17-11(19)9-6-18-10-5-7(16)1-2-8(9)10/h1-2,5-6,18H,3-4,16H2,(H,17,19). The van der Waals surface area contributed by atoms with Gasteiger partial charge in [-0.3, -0.25) is 4.79 Å². The van der Waals surface area contributed by atoms with E-state index in [0.717, 1.165) is 0 Å². The Morgan fingerprint density at radius 3 is 2.79 bits per heavy atom. The summed E-state index contributed by atoms with van der Waals surface area (Å²) in [6, 6.07) is 4.93. The maximum atomic E-state index is 12.0. The molecule has 2 rings (SSSR count). The predicted octanol–water partition coefficient (Wildman–Crippen LogP) is 2.43. The Morgan fingerprint density at radius 1 is 1.37 bits per heavy atom. The lowest BCUT2D eigenvalue weighted by Crippen LogP contribution is -2.27. The molecular weight excluding hydrogens is 259 g/mol. The third kappa shape index (κ3) is 3.18. The van der Waals surface area contributed by atoms with Crippen molar-refractivity contribution in [3.63, 3.8) is 0 Å². The highest BCUT2D eigenvalue weighted by atomic mass is 19.4. The fourth-order valence-corrected chi connectivity index (χ4v) is 1.74. The fourth-order valence-electron chi connectivity index (χ4n) is 1.74. The second kappa shape index (κ2) is 4.83. The first-order valence-corrected chi connectivity index (χ1v) is 5.58. The van der Waals surface area contributed by atoms with Gasteiger partial charge < -0.3 is 16.0 Å². The molecule has 1 amide bonds. The van der Waals surface area contributed by atoms with E-state index in [2.05, 4.69) is 10.3 Å². The molecule has 102 valence electrons. The number of alkyl halides is 3. The molecule has 1 heterocycles. The van der Waals surface area contributed by atoms with Gasteiger partial charge in [-0.15, -0.1) is 0 Å². The van der Waals surface area contributed by atoms with Gasteiger partial charge in [-0.25, -0.2) is 0 Å². The Morgan fingerprint density at radius 2 is 2.11 bits per heavy atom. The molecule has 0 saturated heterocycles. The van der Waals surface area contributed by atoms with E-state index < -0.39 is 25.0 Å². The number of amides is 1. The highest BCUT2D eigenvalue weighted by molar-refractivity contribution is 6.07. The zero-order chi connectivity index (χ0) is 14.0. The third-order valence-corrected chi connectivity index (χ3v) is 2.64. The molecule has 0 spiro atoms. The van der Waals surface area contributed by atoms with Crippen molar-refractivity contribution in [3.05, 3.63) is 30.0 Å². The van der Waals surface area contributed by atoms with Crippen molar-refractivity contribution in [2.45, 2.75) is 12.6 Å². The van der Waals surface area contributed by atoms with Crippen LogP contribution in [0.2, 0.25) is 0 Å². The Labute approximate surface area is 106 Å². The summed E-state index contributed by atoms with van der Waals surface area (Å²) >= 11 is 0. The monoisotopic (exact) mass is 271 g/mol. The summed E-state index contributed by atoms with van der Waals surface area (Å²) in [6.45, 7) is -0.440. The molecule has 4 nitrogen and oxygen atoms in total. The van der Waals surface area contributed by atoms with Crippen LogP contribution >= 0.6 is 0 Å². The molecular formula is C12H12F3N3O. The predicted molar refractivity (Wildman–Crippen MR) is 65.7 cm³/mol. The van der Waals surface area contributed by atoms with Crippen molar-refractivity contribution in [1.29, 1.82) is 0 Å². The van der Waals surface area contributed by atoms with Gasteiger partial charge in [0.1, 0.15) is 0 Å². The number of nitrogens with two attached hydrogens (primary N) is 1. The first-order valence-electron chi connectivity index (χ1n) is 5.58. The normalized spacial score (nSPS) is 11.7. The molecule has 1 aromatic carbocycles. The van der Waals surface area contributed by atoms with Gasteiger partial charge in [0, 0.05) is 29.3 Å². The topological polar surface area (TPSA) is 70.9 Å². The quantitative estimate of drug-likeness (QED) is 0.750. The van der Waals surface area contributed by atoms with E-state index in [0.29, 0.717) is 22.2 Å². The SMILES string of the molecule is Nc1ccc2c(C(=O)NCCC(F)(F)F)c[nH]c2c1. The number of fused-ring (bicyclic) bond motifs is 1. The summed E-state index contributed by atoms with van der Waals surface area (Å²) in [6.07, 6.45) is -3.87. The summed E-state index contributed by atoms with van der Waals surface area (Å²) in [5.41, 5.74) is 7.10. The molecule has 0 unspecified atom stereocenters. The van der Waals surface area contributed by atoms with E-state index in [4.69, 9.17) is 5.73 Å². The summed E-state index contributed by atoms with van der Waals surface area (Å²) in [4.78, 5) is 14.6. The van der Waals surface area contributed by atoms with Crippen molar-refractivity contribution in [2.24, 2.45) is 0 Å². The first-order chi connectivity index (χ1) is 8.87. The van der Waals surface area contributed by atoms with Gasteiger partial charge in [-0.2, -0.15) is 13.2 Å². The number of anilines is 1. The largest absolute Gasteiger partial charge is 0.399 e. The van der Waals surface area contributed by atoms with Crippen molar-refractivity contribution in [2.75, 3.05) is 12.3 Å². The summed E-state index contributed by atoms with van der Waals surface area (Å²) < 4.78 is 35.9. The number of carbonyl (C=O) groups is 1. The van der Waals surface area contributed by atoms with Gasteiger partial charge in [-0.1, -0.05) is 0 Å². The van der Waals surface area contributed by atoms with Gasteiger partial charge in [0.05, 0.1) is 12.0 Å². The van der Waals surface area contributed by atoms with Crippen molar-refractivity contribution < 1.29 is 18.0 Å². The average Bonchev–Trinajstić information content (AvgIpc) is 2.69. The van der Waals surface area contributed by atoms with E-state index in [9.17, 15) is 18.0 Å². The minimum absolute atomic E-state index is 0.303. The third-order valence-electron chi connectivity index (χ3n) is 2.64. The number of hydrogen-bond donors (Lipinski definition) is 3. The molecule has 0 bridgehead atoms. The molecule has 0 atom stereocenters. The maximum Gasteiger partial charge on any atom is 0.390 e. The molecule has 2 aromatic rings. The molecule has 0 aliphatic carbocycles. The Bertz CT molecular complexity index is 604. The number of benzene rings is 1. The molecule has 0 aliphatic heterocycles. The number of hydrogen-bond acceptors (Lipinski definition) is 2. The minimum atomic E-state index is -4.28. The van der Waals surface area contributed by atoms with E-state index in [-0.39, 0.29) is 0 Å². The molecule has 0 saturated carbocycles. The van der Waals surface area contributed by atoms with Crippen LogP contribution in [0.3, 0.4) is 0 Å². The Kier molecular flexibility index (Phi) is 3.37. The smallest absolute Gasteiger partial charge is 0.390 e. The zero-order valence-corrected chi connectivity index (χ0v) is 9.84. The number of rotatable bonds is 3. The van der Waals surface area contributed by atoms with Crippen molar-refractivity contribution in [1.82, 2.24) is 10.3 Å². The first kappa shape index (κ1) is 13.3. The number of H-pyrrole nitrogens is 1. The molecule has 0 aliphatic rings. The van der Waals surface area contributed by atoms with Crippen LogP contribution in [0.25, 0.3) is 10.9 Å². The zero-order valence-electron chi connectivity index (χ0n) is 9.84. The number of aromatic amines is 1. The second-order valence-corrected chi connectivity index (χ2v) is 4.13. The van der Waals surface area contributed by atoms with Crippen LogP contribution in [0, 0.1) is 0 Å². The lowest BCUT2D eigenvalue weighted by atomic mass is 10.1. The lowest BCUT2D eigenvalue weighted by molar-refractivity contribution is -0.132. The van der Waals surface area contributed by atoms with Crippen LogP contribution in [0.5, 0.6) is 0 Å². The second-order valence-electron chi connectivity index (χ2n) is 4.13. The van der Waals surface area contributed by atoms with Gasteiger partial charge in [0.25, 0.3) is 5.91 Å². The average molecular weight is 271 g/mol. The molecule has 7 heteroatoms. The number of halogens is 3. The highest BCUT2D eigenvalue weighted by Gasteiger charge is 2.26. The molecule has 0 radical (unpaired) electrons. The van der Waals surface area contributed by atoms with Crippen molar-refractivity contribution in [3.8, 4) is 0 Å². The Balaban J connectivity index is 2.09. The van der Waals surface area contributed by atoms with Gasteiger partial charge in [-0.05, 0) is 18.2 Å². The maximum absolute atomic E-state index is 12.0. The van der Waals surface area contributed by atoms with E-state index >= 15 is 0 Å². The molecule has 0 fully saturated rings. The summed E-state index contributed by atoms with van der Waals surface area (Å²) in [5, 5.41) is 2.86. The minimum Gasteiger partial charge on any atom is -0.399 e. The van der Waals surface area contributed by atoms with Gasteiger partial charge >= 0.3 is 6.18 Å². The summed E-state index contributed by atoms with van der Waals surface area (Å²) in [7, 11) is 0.